The maximum atomic E-state index is 5.77. The van der Waals surface area contributed by atoms with Crippen LogP contribution in [0.3, 0.4) is 0 Å². The number of likely N-dealkylation sites (tertiary alicyclic amines) is 1. The molecule has 2 rings (SSSR count). The number of nitrogens with zero attached hydrogens (tertiary/aromatic N) is 2. The second-order valence-electron chi connectivity index (χ2n) is 7.13. The topological polar surface area (TPSA) is 32.5 Å². The van der Waals surface area contributed by atoms with Crippen molar-refractivity contribution in [3.05, 3.63) is 0 Å². The highest BCUT2D eigenvalue weighted by molar-refractivity contribution is 4.79. The predicted octanol–water partition coefficient (Wildman–Crippen LogP) is 2.03. The van der Waals surface area contributed by atoms with Crippen molar-refractivity contribution in [3.8, 4) is 0 Å². The molecule has 3 heteroatoms. The molecule has 0 aromatic carbocycles. The van der Waals surface area contributed by atoms with E-state index in [9.17, 15) is 0 Å². The minimum Gasteiger partial charge on any atom is -0.330 e. The highest BCUT2D eigenvalue weighted by Crippen LogP contribution is 2.29. The molecule has 1 aliphatic heterocycles. The Morgan fingerprint density at radius 3 is 2.00 bits per heavy atom. The average Bonchev–Trinajstić information content (AvgIpc) is 2.41. The highest BCUT2D eigenvalue weighted by atomic mass is 15.1. The summed E-state index contributed by atoms with van der Waals surface area (Å²) < 4.78 is 0. The van der Waals surface area contributed by atoms with Crippen molar-refractivity contribution in [2.24, 2.45) is 23.5 Å². The normalized spacial score (nSPS) is 30.9. The summed E-state index contributed by atoms with van der Waals surface area (Å²) in [5, 5.41) is 0. The van der Waals surface area contributed by atoms with Crippen LogP contribution in [-0.4, -0.2) is 56.6 Å². The lowest BCUT2D eigenvalue weighted by Gasteiger charge is -2.37. The van der Waals surface area contributed by atoms with E-state index in [1.165, 1.54) is 64.7 Å². The van der Waals surface area contributed by atoms with Gasteiger partial charge in [-0.15, -0.1) is 0 Å². The van der Waals surface area contributed by atoms with Gasteiger partial charge in [0.05, 0.1) is 0 Å². The predicted molar refractivity (Wildman–Crippen MR) is 82.2 cm³/mol. The SMILES string of the molecule is CN(C)CC1CCN(CC2CCC(CN)CC2)CC1. The molecular formula is C16H33N3. The number of nitrogens with two attached hydrogens (primary N) is 1. The Morgan fingerprint density at radius 1 is 0.895 bits per heavy atom. The first-order chi connectivity index (χ1) is 9.17. The molecule has 1 saturated heterocycles. The molecule has 0 amide bonds. The van der Waals surface area contributed by atoms with Crippen molar-refractivity contribution >= 4 is 0 Å². The summed E-state index contributed by atoms with van der Waals surface area (Å²) in [4.78, 5) is 5.06. The van der Waals surface area contributed by atoms with Gasteiger partial charge in [0, 0.05) is 13.1 Å². The molecule has 2 fully saturated rings. The third kappa shape index (κ3) is 5.05. The second-order valence-corrected chi connectivity index (χ2v) is 7.13. The molecular weight excluding hydrogens is 234 g/mol. The van der Waals surface area contributed by atoms with Crippen LogP contribution < -0.4 is 5.73 Å². The van der Waals surface area contributed by atoms with Gasteiger partial charge in [-0.25, -0.2) is 0 Å². The molecule has 0 radical (unpaired) electrons. The van der Waals surface area contributed by atoms with Crippen LogP contribution in [0.2, 0.25) is 0 Å². The van der Waals surface area contributed by atoms with E-state index in [4.69, 9.17) is 5.73 Å². The van der Waals surface area contributed by atoms with Crippen LogP contribution in [0.15, 0.2) is 0 Å². The molecule has 112 valence electrons. The van der Waals surface area contributed by atoms with Gasteiger partial charge < -0.3 is 15.5 Å². The maximum Gasteiger partial charge on any atom is 0.000966 e. The molecule has 3 nitrogen and oxygen atoms in total. The first-order valence-corrected chi connectivity index (χ1v) is 8.24. The summed E-state index contributed by atoms with van der Waals surface area (Å²) in [6.07, 6.45) is 8.38. The van der Waals surface area contributed by atoms with Gasteiger partial charge >= 0.3 is 0 Å². The van der Waals surface area contributed by atoms with Crippen LogP contribution in [0.5, 0.6) is 0 Å². The molecule has 2 aliphatic rings. The maximum absolute atomic E-state index is 5.77. The Bertz CT molecular complexity index is 238. The summed E-state index contributed by atoms with van der Waals surface area (Å²) in [5.41, 5.74) is 5.77. The molecule has 1 aliphatic carbocycles. The van der Waals surface area contributed by atoms with Crippen LogP contribution in [-0.2, 0) is 0 Å². The van der Waals surface area contributed by atoms with E-state index in [0.29, 0.717) is 0 Å². The summed E-state index contributed by atoms with van der Waals surface area (Å²) in [6.45, 7) is 6.19. The van der Waals surface area contributed by atoms with Crippen molar-refractivity contribution in [1.82, 2.24) is 9.80 Å². The van der Waals surface area contributed by atoms with Crippen molar-refractivity contribution in [2.75, 3.05) is 46.8 Å². The van der Waals surface area contributed by atoms with E-state index in [1.54, 1.807) is 0 Å². The fraction of sp³-hybridized carbons (Fsp3) is 1.00. The Morgan fingerprint density at radius 2 is 1.47 bits per heavy atom. The van der Waals surface area contributed by atoms with Crippen molar-refractivity contribution < 1.29 is 0 Å². The lowest BCUT2D eigenvalue weighted by molar-refractivity contribution is 0.126. The molecule has 1 heterocycles. The van der Waals surface area contributed by atoms with Crippen LogP contribution >= 0.6 is 0 Å². The van der Waals surface area contributed by atoms with Gasteiger partial charge in [0.1, 0.15) is 0 Å². The van der Waals surface area contributed by atoms with E-state index in [2.05, 4.69) is 23.9 Å². The smallest absolute Gasteiger partial charge is 0.000966 e. The van der Waals surface area contributed by atoms with Gasteiger partial charge in [-0.05, 0) is 90.0 Å². The molecule has 19 heavy (non-hydrogen) atoms. The van der Waals surface area contributed by atoms with Gasteiger partial charge in [0.2, 0.25) is 0 Å². The Labute approximate surface area is 119 Å². The molecule has 0 spiro atoms. The summed E-state index contributed by atoms with van der Waals surface area (Å²) in [5.74, 6) is 2.70. The molecule has 0 aromatic rings. The molecule has 0 aromatic heterocycles. The van der Waals surface area contributed by atoms with Gasteiger partial charge in [-0.3, -0.25) is 0 Å². The van der Waals surface area contributed by atoms with Crippen molar-refractivity contribution in [1.29, 1.82) is 0 Å². The van der Waals surface area contributed by atoms with Crippen molar-refractivity contribution in [3.63, 3.8) is 0 Å². The summed E-state index contributed by atoms with van der Waals surface area (Å²) >= 11 is 0. The first kappa shape index (κ1) is 15.3. The van der Waals surface area contributed by atoms with E-state index in [1.807, 2.05) is 0 Å². The van der Waals surface area contributed by atoms with E-state index in [-0.39, 0.29) is 0 Å². The number of rotatable bonds is 5. The second kappa shape index (κ2) is 7.61. The molecule has 0 bridgehead atoms. The van der Waals surface area contributed by atoms with Crippen molar-refractivity contribution in [2.45, 2.75) is 38.5 Å². The standard InChI is InChI=1S/C16H33N3/c1-18(2)12-16-7-9-19(10-8-16)13-15-5-3-14(11-17)4-6-15/h14-16H,3-13,17H2,1-2H3. The summed E-state index contributed by atoms with van der Waals surface area (Å²) in [7, 11) is 4.39. The van der Waals surface area contributed by atoms with Gasteiger partial charge in [0.15, 0.2) is 0 Å². The minimum atomic E-state index is 0.821. The quantitative estimate of drug-likeness (QED) is 0.827. The lowest BCUT2D eigenvalue weighted by atomic mass is 9.81. The van der Waals surface area contributed by atoms with Crippen LogP contribution in [0.25, 0.3) is 0 Å². The zero-order valence-electron chi connectivity index (χ0n) is 13.0. The van der Waals surface area contributed by atoms with Crippen LogP contribution in [0.4, 0.5) is 0 Å². The molecule has 2 N–H and O–H groups in total. The fourth-order valence-corrected chi connectivity index (χ4v) is 3.88. The Balaban J connectivity index is 1.63. The monoisotopic (exact) mass is 267 g/mol. The van der Waals surface area contributed by atoms with E-state index < -0.39 is 0 Å². The van der Waals surface area contributed by atoms with E-state index in [0.717, 1.165) is 24.3 Å². The molecule has 1 saturated carbocycles. The van der Waals surface area contributed by atoms with Gasteiger partial charge in [-0.1, -0.05) is 0 Å². The highest BCUT2D eigenvalue weighted by Gasteiger charge is 2.25. The number of hydrogen-bond donors (Lipinski definition) is 1. The van der Waals surface area contributed by atoms with Gasteiger partial charge in [-0.2, -0.15) is 0 Å². The Hall–Kier alpha value is -0.120. The number of piperidine rings is 1. The summed E-state index contributed by atoms with van der Waals surface area (Å²) in [6, 6.07) is 0. The first-order valence-electron chi connectivity index (χ1n) is 8.24. The van der Waals surface area contributed by atoms with E-state index >= 15 is 0 Å². The molecule has 0 unspecified atom stereocenters. The van der Waals surface area contributed by atoms with Gasteiger partial charge in [0.25, 0.3) is 0 Å². The Kier molecular flexibility index (Phi) is 6.11. The minimum absolute atomic E-state index is 0.821. The van der Waals surface area contributed by atoms with Crippen LogP contribution in [0, 0.1) is 17.8 Å². The number of hydrogen-bond acceptors (Lipinski definition) is 3. The van der Waals surface area contributed by atoms with Crippen LogP contribution in [0.1, 0.15) is 38.5 Å². The average molecular weight is 267 g/mol. The zero-order chi connectivity index (χ0) is 13.7. The largest absolute Gasteiger partial charge is 0.330 e. The zero-order valence-corrected chi connectivity index (χ0v) is 13.0. The third-order valence-electron chi connectivity index (χ3n) is 5.15. The third-order valence-corrected chi connectivity index (χ3v) is 5.15. The lowest BCUT2D eigenvalue weighted by Crippen LogP contribution is -2.40. The fourth-order valence-electron chi connectivity index (χ4n) is 3.88. The molecule has 0 atom stereocenters.